The maximum atomic E-state index is 11.8. The van der Waals surface area contributed by atoms with Crippen molar-refractivity contribution in [1.29, 1.82) is 0 Å². The summed E-state index contributed by atoms with van der Waals surface area (Å²) in [4.78, 5) is 13.0. The quantitative estimate of drug-likeness (QED) is 0.467. The summed E-state index contributed by atoms with van der Waals surface area (Å²) in [6, 6.07) is 20.0. The third kappa shape index (κ3) is 4.09. The summed E-state index contributed by atoms with van der Waals surface area (Å²) in [7, 11) is 0. The van der Waals surface area contributed by atoms with Crippen LogP contribution in [0.3, 0.4) is 0 Å². The summed E-state index contributed by atoms with van der Waals surface area (Å²) in [5, 5.41) is 15.9. The number of fused-ring (bicyclic) bond motifs is 2. The third-order valence-corrected chi connectivity index (χ3v) is 7.12. The van der Waals surface area contributed by atoms with Gasteiger partial charge in [0.15, 0.2) is 6.61 Å². The molecule has 3 aromatic rings. The molecule has 7 heteroatoms. The molecule has 0 bridgehead atoms. The van der Waals surface area contributed by atoms with E-state index in [0.29, 0.717) is 23.0 Å². The lowest BCUT2D eigenvalue weighted by molar-refractivity contribution is -0.118. The molecule has 2 aliphatic heterocycles. The first-order valence-electron chi connectivity index (χ1n) is 10.3. The first-order valence-corrected chi connectivity index (χ1v) is 11.6. The Morgan fingerprint density at radius 1 is 1.16 bits per heavy atom. The van der Waals surface area contributed by atoms with Gasteiger partial charge < -0.3 is 20.5 Å². The molecular formula is C25H21ClN2O3S. The minimum atomic E-state index is -0.155. The van der Waals surface area contributed by atoms with Gasteiger partial charge in [0.25, 0.3) is 5.91 Å². The van der Waals surface area contributed by atoms with Gasteiger partial charge in [-0.2, -0.15) is 0 Å². The van der Waals surface area contributed by atoms with Gasteiger partial charge in [-0.3, -0.25) is 4.79 Å². The Morgan fingerprint density at radius 2 is 2.03 bits per heavy atom. The molecule has 0 saturated carbocycles. The second-order valence-corrected chi connectivity index (χ2v) is 9.12. The third-order valence-electron chi connectivity index (χ3n) is 5.43. The van der Waals surface area contributed by atoms with Gasteiger partial charge in [0.05, 0.1) is 17.5 Å². The molecular weight excluding hydrogens is 444 g/mol. The van der Waals surface area contributed by atoms with Crippen LogP contribution in [-0.4, -0.2) is 30.8 Å². The first-order chi connectivity index (χ1) is 15.6. The molecule has 3 aromatic carbocycles. The Morgan fingerprint density at radius 3 is 2.88 bits per heavy atom. The maximum absolute atomic E-state index is 11.8. The monoisotopic (exact) mass is 464 g/mol. The molecule has 0 radical (unpaired) electrons. The molecule has 3 N–H and O–H groups in total. The summed E-state index contributed by atoms with van der Waals surface area (Å²) in [6.45, 7) is 0.615. The van der Waals surface area contributed by atoms with Gasteiger partial charge in [0.1, 0.15) is 5.75 Å². The van der Waals surface area contributed by atoms with E-state index in [1.54, 1.807) is 11.8 Å². The Hall–Kier alpha value is -2.93. The van der Waals surface area contributed by atoms with Crippen LogP contribution >= 0.6 is 23.4 Å². The van der Waals surface area contributed by atoms with Gasteiger partial charge >= 0.3 is 0 Å². The molecule has 5 rings (SSSR count). The van der Waals surface area contributed by atoms with E-state index in [9.17, 15) is 4.79 Å². The molecule has 0 fully saturated rings. The van der Waals surface area contributed by atoms with Crippen molar-refractivity contribution in [3.8, 4) is 5.75 Å². The summed E-state index contributed by atoms with van der Waals surface area (Å²) in [5.74, 6) is 0.518. The van der Waals surface area contributed by atoms with Crippen LogP contribution in [0.15, 0.2) is 65.6 Å². The average molecular weight is 465 g/mol. The van der Waals surface area contributed by atoms with Crippen molar-refractivity contribution in [2.24, 2.45) is 0 Å². The van der Waals surface area contributed by atoms with Crippen molar-refractivity contribution in [1.82, 2.24) is 0 Å². The maximum Gasteiger partial charge on any atom is 0.262 e. The highest BCUT2D eigenvalue weighted by Gasteiger charge is 2.28. The lowest BCUT2D eigenvalue weighted by Crippen LogP contribution is -2.25. The van der Waals surface area contributed by atoms with Crippen molar-refractivity contribution in [2.75, 3.05) is 30.4 Å². The molecule has 0 aromatic heterocycles. The number of hydrogen-bond donors (Lipinski definition) is 3. The van der Waals surface area contributed by atoms with Crippen LogP contribution < -0.4 is 15.4 Å². The van der Waals surface area contributed by atoms with Crippen LogP contribution in [0, 0.1) is 0 Å². The highest BCUT2D eigenvalue weighted by molar-refractivity contribution is 8.00. The van der Waals surface area contributed by atoms with Gasteiger partial charge in [-0.15, -0.1) is 11.8 Å². The zero-order valence-electron chi connectivity index (χ0n) is 17.1. The summed E-state index contributed by atoms with van der Waals surface area (Å²) in [6.07, 6.45) is 2.18. The number of nitrogens with one attached hydrogen (secondary N) is 2. The Bertz CT molecular complexity index is 1230. The molecule has 5 nitrogen and oxygen atoms in total. The second-order valence-electron chi connectivity index (χ2n) is 7.57. The molecule has 1 amide bonds. The minimum absolute atomic E-state index is 0.0254. The molecule has 32 heavy (non-hydrogen) atoms. The smallest absolute Gasteiger partial charge is 0.262 e. The van der Waals surface area contributed by atoms with Crippen LogP contribution in [0.5, 0.6) is 5.75 Å². The summed E-state index contributed by atoms with van der Waals surface area (Å²) >= 11 is 8.35. The zero-order valence-corrected chi connectivity index (χ0v) is 18.7. The van der Waals surface area contributed by atoms with E-state index in [2.05, 4.69) is 34.9 Å². The lowest BCUT2D eigenvalue weighted by atomic mass is 9.94. The molecule has 2 heterocycles. The highest BCUT2D eigenvalue weighted by atomic mass is 35.5. The van der Waals surface area contributed by atoms with Gasteiger partial charge in [-0.1, -0.05) is 41.9 Å². The van der Waals surface area contributed by atoms with Gasteiger partial charge in [0, 0.05) is 22.2 Å². The first kappa shape index (κ1) is 20.9. The molecule has 0 spiro atoms. The van der Waals surface area contributed by atoms with Crippen molar-refractivity contribution in [2.45, 2.75) is 10.1 Å². The molecule has 162 valence electrons. The molecule has 1 unspecified atom stereocenters. The van der Waals surface area contributed by atoms with E-state index < -0.39 is 0 Å². The second kappa shape index (κ2) is 8.90. The number of rotatable bonds is 5. The largest absolute Gasteiger partial charge is 0.482 e. The van der Waals surface area contributed by atoms with E-state index in [4.69, 9.17) is 21.4 Å². The predicted octanol–water partition coefficient (Wildman–Crippen LogP) is 5.46. The number of halogens is 1. The van der Waals surface area contributed by atoms with E-state index >= 15 is 0 Å². The summed E-state index contributed by atoms with van der Waals surface area (Å²) in [5.41, 5.74) is 5.89. The van der Waals surface area contributed by atoms with Crippen LogP contribution in [0.1, 0.15) is 21.9 Å². The van der Waals surface area contributed by atoms with Crippen LogP contribution in [0.2, 0.25) is 5.02 Å². The van der Waals surface area contributed by atoms with Gasteiger partial charge in [-0.25, -0.2) is 0 Å². The number of benzene rings is 3. The minimum Gasteiger partial charge on any atom is -0.482 e. The topological polar surface area (TPSA) is 70.6 Å². The molecule has 0 aliphatic carbocycles. The fourth-order valence-corrected chi connectivity index (χ4v) is 5.60. The number of carbonyl (C=O) groups excluding carboxylic acids is 1. The van der Waals surface area contributed by atoms with Gasteiger partial charge in [0.2, 0.25) is 0 Å². The van der Waals surface area contributed by atoms with Crippen molar-refractivity contribution < 1.29 is 14.6 Å². The predicted molar refractivity (Wildman–Crippen MR) is 131 cm³/mol. The number of aliphatic hydroxyl groups is 1. The zero-order chi connectivity index (χ0) is 22.1. The van der Waals surface area contributed by atoms with Crippen molar-refractivity contribution in [3.63, 3.8) is 0 Å². The SMILES string of the molecule is O=C1COc2ccc(C3=Cc4ccc(NCCO)cc4SC3c3ccccc3Cl)cc2N1. The fourth-order valence-electron chi connectivity index (χ4n) is 3.92. The number of amides is 1. The number of hydrogen-bond acceptors (Lipinski definition) is 5. The normalized spacial score (nSPS) is 16.9. The van der Waals surface area contributed by atoms with E-state index in [1.807, 2.05) is 42.5 Å². The van der Waals surface area contributed by atoms with Crippen LogP contribution in [0.25, 0.3) is 11.6 Å². The fraction of sp³-hybridized carbons (Fsp3) is 0.160. The van der Waals surface area contributed by atoms with E-state index in [1.165, 1.54) is 0 Å². The number of ether oxygens (including phenoxy) is 1. The lowest BCUT2D eigenvalue weighted by Gasteiger charge is -2.28. The number of aliphatic hydroxyl groups excluding tert-OH is 1. The van der Waals surface area contributed by atoms with Crippen LogP contribution in [-0.2, 0) is 4.79 Å². The van der Waals surface area contributed by atoms with Crippen molar-refractivity contribution >= 4 is 52.3 Å². The Kier molecular flexibility index (Phi) is 5.83. The van der Waals surface area contributed by atoms with E-state index in [-0.39, 0.29) is 24.4 Å². The van der Waals surface area contributed by atoms with Gasteiger partial charge in [-0.05, 0) is 58.7 Å². The van der Waals surface area contributed by atoms with E-state index in [0.717, 1.165) is 32.8 Å². The molecule has 1 atom stereocenters. The Labute approximate surface area is 195 Å². The number of carbonyl (C=O) groups is 1. The average Bonchev–Trinajstić information content (AvgIpc) is 2.81. The summed E-state index contributed by atoms with van der Waals surface area (Å²) < 4.78 is 5.53. The Balaban J connectivity index is 1.61. The van der Waals surface area contributed by atoms with Crippen molar-refractivity contribution in [3.05, 3.63) is 82.4 Å². The number of anilines is 2. The molecule has 0 saturated heterocycles. The highest BCUT2D eigenvalue weighted by Crippen LogP contribution is 2.53. The van der Waals surface area contributed by atoms with Crippen LogP contribution in [0.4, 0.5) is 11.4 Å². The standard InChI is InChI=1S/C25H21ClN2O3S/c26-20-4-2-1-3-18(20)25-19(15-6-8-22-21(12-15)28-24(30)14-31-22)11-16-5-7-17(27-9-10-29)13-23(16)32-25/h1-8,11-13,25,27,29H,9-10,14H2,(H,28,30). The number of thioether (sulfide) groups is 1. The molecule has 2 aliphatic rings.